The zero-order valence-electron chi connectivity index (χ0n) is 18.2. The maximum Gasteiger partial charge on any atom is 0.319 e. The summed E-state index contributed by atoms with van der Waals surface area (Å²) >= 11 is 0. The molecule has 1 unspecified atom stereocenters. The van der Waals surface area contributed by atoms with Gasteiger partial charge in [0.15, 0.2) is 0 Å². The van der Waals surface area contributed by atoms with Crippen LogP contribution in [0.15, 0.2) is 73.1 Å². The van der Waals surface area contributed by atoms with E-state index in [1.165, 1.54) is 0 Å². The van der Waals surface area contributed by atoms with Crippen LogP contribution < -0.4 is 21.7 Å². The van der Waals surface area contributed by atoms with Crippen LogP contribution >= 0.6 is 0 Å². The molecule has 0 radical (unpaired) electrons. The fourth-order valence-corrected chi connectivity index (χ4v) is 3.14. The molecular weight excluding hydrogens is 404 g/mol. The van der Waals surface area contributed by atoms with E-state index in [4.69, 9.17) is 5.73 Å². The zero-order valence-corrected chi connectivity index (χ0v) is 18.2. The van der Waals surface area contributed by atoms with Gasteiger partial charge < -0.3 is 26.6 Å². The van der Waals surface area contributed by atoms with Crippen LogP contribution in [0.2, 0.25) is 0 Å². The zero-order chi connectivity index (χ0) is 22.9. The minimum absolute atomic E-state index is 0.226. The summed E-state index contributed by atoms with van der Waals surface area (Å²) in [5, 5.41) is 8.62. The van der Waals surface area contributed by atoms with Crippen LogP contribution in [-0.4, -0.2) is 42.5 Å². The quantitative estimate of drug-likeness (QED) is 0.405. The number of nitrogens with zero attached hydrogens (tertiary/aromatic N) is 2. The summed E-state index contributed by atoms with van der Waals surface area (Å²) in [6.07, 6.45) is 3.94. The van der Waals surface area contributed by atoms with Crippen LogP contribution in [0.3, 0.4) is 0 Å². The second kappa shape index (κ2) is 10.9. The molecule has 1 heterocycles. The number of nitrogens with two attached hydrogens (primary N) is 1. The molecule has 3 aromatic rings. The van der Waals surface area contributed by atoms with Crippen molar-refractivity contribution < 1.29 is 9.59 Å². The first-order chi connectivity index (χ1) is 15.4. The second-order valence-corrected chi connectivity index (χ2v) is 7.65. The summed E-state index contributed by atoms with van der Waals surface area (Å²) in [6, 6.07) is 17.3. The monoisotopic (exact) mass is 432 g/mol. The number of carbonyl (C=O) groups excluding carboxylic acids is 2. The van der Waals surface area contributed by atoms with Crippen molar-refractivity contribution in [3.05, 3.63) is 84.2 Å². The first kappa shape index (κ1) is 22.8. The van der Waals surface area contributed by atoms with Gasteiger partial charge in [0.2, 0.25) is 0 Å². The maximum absolute atomic E-state index is 12.6. The highest BCUT2D eigenvalue weighted by molar-refractivity contribution is 6.05. The van der Waals surface area contributed by atoms with Crippen molar-refractivity contribution in [3.8, 4) is 0 Å². The van der Waals surface area contributed by atoms with E-state index < -0.39 is 0 Å². The second-order valence-electron chi connectivity index (χ2n) is 7.65. The van der Waals surface area contributed by atoms with Crippen molar-refractivity contribution in [3.63, 3.8) is 0 Å². The summed E-state index contributed by atoms with van der Waals surface area (Å²) in [5.74, 6) is -0.249. The normalized spacial score (nSPS) is 11.6. The number of benzene rings is 2. The number of amides is 3. The number of aromatic nitrogens is 1. The molecule has 0 fully saturated rings. The van der Waals surface area contributed by atoms with Gasteiger partial charge in [0.25, 0.3) is 5.91 Å². The number of carbonyl (C=O) groups is 2. The van der Waals surface area contributed by atoms with E-state index in [1.54, 1.807) is 48.8 Å². The van der Waals surface area contributed by atoms with E-state index in [9.17, 15) is 9.59 Å². The van der Waals surface area contributed by atoms with E-state index in [2.05, 4.69) is 25.8 Å². The third kappa shape index (κ3) is 6.55. The Labute approximate surface area is 187 Å². The highest BCUT2D eigenvalue weighted by atomic mass is 16.2. The summed E-state index contributed by atoms with van der Waals surface area (Å²) in [6.45, 7) is 0.785. The Hall–Kier alpha value is -3.91. The molecule has 166 valence electrons. The van der Waals surface area contributed by atoms with Gasteiger partial charge in [-0.1, -0.05) is 24.3 Å². The Bertz CT molecular complexity index is 1040. The fourth-order valence-electron chi connectivity index (χ4n) is 3.14. The summed E-state index contributed by atoms with van der Waals surface area (Å²) in [4.78, 5) is 31.2. The fraction of sp³-hybridized carbons (Fsp3) is 0.208. The van der Waals surface area contributed by atoms with Crippen molar-refractivity contribution in [2.45, 2.75) is 12.5 Å². The lowest BCUT2D eigenvalue weighted by Gasteiger charge is -2.22. The van der Waals surface area contributed by atoms with Gasteiger partial charge in [0.1, 0.15) is 0 Å². The van der Waals surface area contributed by atoms with Gasteiger partial charge >= 0.3 is 6.03 Å². The Kier molecular flexibility index (Phi) is 7.77. The highest BCUT2D eigenvalue weighted by Crippen LogP contribution is 2.21. The molecule has 0 spiro atoms. The molecule has 5 N–H and O–H groups in total. The van der Waals surface area contributed by atoms with Crippen LogP contribution in [0.1, 0.15) is 28.4 Å². The number of para-hydroxylation sites is 2. The largest absolute Gasteiger partial charge is 0.397 e. The molecule has 3 amide bonds. The lowest BCUT2D eigenvalue weighted by molar-refractivity contribution is 0.102. The maximum atomic E-state index is 12.6. The van der Waals surface area contributed by atoms with Crippen molar-refractivity contribution in [2.75, 3.05) is 37.0 Å². The van der Waals surface area contributed by atoms with Gasteiger partial charge in [-0.25, -0.2) is 4.79 Å². The number of pyridine rings is 1. The topological polar surface area (TPSA) is 112 Å². The third-order valence-electron chi connectivity index (χ3n) is 4.87. The lowest BCUT2D eigenvalue weighted by atomic mass is 10.0. The molecule has 0 aliphatic carbocycles. The molecule has 0 saturated carbocycles. The van der Waals surface area contributed by atoms with Crippen molar-refractivity contribution in [1.82, 2.24) is 15.2 Å². The van der Waals surface area contributed by atoms with E-state index in [0.717, 1.165) is 12.1 Å². The predicted molar refractivity (Wildman–Crippen MR) is 128 cm³/mol. The van der Waals surface area contributed by atoms with Crippen molar-refractivity contribution >= 4 is 29.0 Å². The molecule has 32 heavy (non-hydrogen) atoms. The lowest BCUT2D eigenvalue weighted by Crippen LogP contribution is -2.34. The first-order valence-electron chi connectivity index (χ1n) is 10.3. The van der Waals surface area contributed by atoms with Gasteiger partial charge in [0.05, 0.1) is 29.3 Å². The van der Waals surface area contributed by atoms with E-state index in [1.807, 2.05) is 38.4 Å². The molecule has 0 aliphatic heterocycles. The number of anilines is 3. The molecule has 1 atom stereocenters. The molecule has 2 aromatic carbocycles. The number of rotatable bonds is 8. The summed E-state index contributed by atoms with van der Waals surface area (Å²) in [7, 11) is 3.96. The molecular formula is C24H28N6O2. The number of hydrogen-bond donors (Lipinski definition) is 4. The Morgan fingerprint density at radius 3 is 2.41 bits per heavy atom. The van der Waals surface area contributed by atoms with Crippen LogP contribution in [-0.2, 0) is 0 Å². The smallest absolute Gasteiger partial charge is 0.319 e. The molecule has 0 aliphatic rings. The van der Waals surface area contributed by atoms with Gasteiger partial charge in [-0.3, -0.25) is 9.78 Å². The Balaban J connectivity index is 1.69. The number of urea groups is 1. The summed E-state index contributed by atoms with van der Waals surface area (Å²) in [5.41, 5.74) is 9.00. The number of hydrogen-bond acceptors (Lipinski definition) is 5. The average Bonchev–Trinajstić information content (AvgIpc) is 2.79. The van der Waals surface area contributed by atoms with Crippen LogP contribution in [0.5, 0.6) is 0 Å². The molecule has 3 rings (SSSR count). The first-order valence-corrected chi connectivity index (χ1v) is 10.3. The molecule has 8 nitrogen and oxygen atoms in total. The Morgan fingerprint density at radius 2 is 1.75 bits per heavy atom. The predicted octanol–water partition coefficient (Wildman–Crippen LogP) is 3.73. The average molecular weight is 433 g/mol. The molecule has 0 saturated heterocycles. The van der Waals surface area contributed by atoms with Crippen LogP contribution in [0.25, 0.3) is 0 Å². The van der Waals surface area contributed by atoms with Crippen molar-refractivity contribution in [2.24, 2.45) is 0 Å². The third-order valence-corrected chi connectivity index (χ3v) is 4.87. The van der Waals surface area contributed by atoms with Gasteiger partial charge in [0, 0.05) is 11.8 Å². The molecule has 8 heteroatoms. The SMILES string of the molecule is CN(C)CCC(NC(=O)Nc1cccnc1)c1ccc(C(=O)Nc2ccccc2N)cc1. The highest BCUT2D eigenvalue weighted by Gasteiger charge is 2.16. The Morgan fingerprint density at radius 1 is 1.00 bits per heavy atom. The van der Waals surface area contributed by atoms with Gasteiger partial charge in [-0.15, -0.1) is 0 Å². The van der Waals surface area contributed by atoms with Crippen molar-refractivity contribution in [1.29, 1.82) is 0 Å². The van der Waals surface area contributed by atoms with Crippen LogP contribution in [0, 0.1) is 0 Å². The van der Waals surface area contributed by atoms with Gasteiger partial charge in [-0.05, 0) is 69.0 Å². The molecule has 1 aromatic heterocycles. The van der Waals surface area contributed by atoms with E-state index in [0.29, 0.717) is 29.0 Å². The van der Waals surface area contributed by atoms with Crippen LogP contribution in [0.4, 0.5) is 21.9 Å². The standard InChI is InChI=1S/C24H28N6O2/c1-30(2)15-13-21(29-24(32)27-19-6-5-14-26-16-19)17-9-11-18(12-10-17)23(31)28-22-8-4-3-7-20(22)25/h3-12,14,16,21H,13,15,25H2,1-2H3,(H,28,31)(H2,27,29,32). The van der Waals surface area contributed by atoms with E-state index in [-0.39, 0.29) is 18.0 Å². The number of nitrogen functional groups attached to an aromatic ring is 1. The summed E-state index contributed by atoms with van der Waals surface area (Å²) < 4.78 is 0. The van der Waals surface area contributed by atoms with E-state index >= 15 is 0 Å². The minimum Gasteiger partial charge on any atom is -0.397 e. The number of nitrogens with one attached hydrogen (secondary N) is 3. The minimum atomic E-state index is -0.317. The molecule has 0 bridgehead atoms. The van der Waals surface area contributed by atoms with Gasteiger partial charge in [-0.2, -0.15) is 0 Å².